The Bertz CT molecular complexity index is 353. The topological polar surface area (TPSA) is 29.0 Å². The average Bonchev–Trinajstić information content (AvgIpc) is 2.59. The molecular weight excluding hydrogens is 246 g/mol. The van der Waals surface area contributed by atoms with Crippen molar-refractivity contribution >= 4 is 11.6 Å². The Labute approximate surface area is 115 Å². The molecule has 2 rings (SSSR count). The van der Waals surface area contributed by atoms with Gasteiger partial charge in [0.05, 0.1) is 5.69 Å². The molecule has 0 bridgehead atoms. The summed E-state index contributed by atoms with van der Waals surface area (Å²) in [4.78, 5) is 2.49. The van der Waals surface area contributed by atoms with E-state index in [1.165, 1.54) is 45.2 Å². The van der Waals surface area contributed by atoms with E-state index in [0.29, 0.717) is 5.15 Å². The molecule has 1 aliphatic rings. The first-order valence-electron chi connectivity index (χ1n) is 6.98. The normalized spacial score (nSPS) is 21.8. The Morgan fingerprint density at radius 3 is 2.89 bits per heavy atom. The van der Waals surface area contributed by atoms with E-state index >= 15 is 0 Å². The van der Waals surface area contributed by atoms with Crippen molar-refractivity contribution in [1.82, 2.24) is 15.1 Å². The number of rotatable bonds is 4. The summed E-state index contributed by atoms with van der Waals surface area (Å²) in [5, 5.41) is 8.51. The molecule has 0 aromatic carbocycles. The van der Waals surface area contributed by atoms with Gasteiger partial charge in [-0.2, -0.15) is 5.10 Å². The Balaban J connectivity index is 1.84. The van der Waals surface area contributed by atoms with Crippen LogP contribution in [-0.2, 0) is 6.54 Å². The number of nitrogens with zero attached hydrogens (tertiary/aromatic N) is 3. The molecule has 4 heteroatoms. The first kappa shape index (κ1) is 13.8. The Morgan fingerprint density at radius 2 is 2.17 bits per heavy atom. The highest BCUT2D eigenvalue weighted by Gasteiger charge is 2.16. The van der Waals surface area contributed by atoms with Crippen LogP contribution in [-0.4, -0.2) is 28.2 Å². The monoisotopic (exact) mass is 267 g/mol. The van der Waals surface area contributed by atoms with Crippen LogP contribution in [0.5, 0.6) is 0 Å². The van der Waals surface area contributed by atoms with Crippen molar-refractivity contribution in [2.24, 2.45) is 5.92 Å². The van der Waals surface area contributed by atoms with Crippen LogP contribution in [0.1, 0.15) is 44.7 Å². The van der Waals surface area contributed by atoms with Gasteiger partial charge in [-0.05, 0) is 50.4 Å². The molecule has 1 atom stereocenters. The lowest BCUT2D eigenvalue weighted by Crippen LogP contribution is -2.25. The minimum absolute atomic E-state index is 0.470. The maximum Gasteiger partial charge on any atom is 0.151 e. The lowest BCUT2D eigenvalue weighted by molar-refractivity contribution is 0.267. The van der Waals surface area contributed by atoms with E-state index in [2.05, 4.69) is 22.0 Å². The third-order valence-electron chi connectivity index (χ3n) is 3.71. The fourth-order valence-corrected chi connectivity index (χ4v) is 2.84. The molecule has 100 valence electrons. The molecule has 3 nitrogen and oxygen atoms in total. The third-order valence-corrected chi connectivity index (χ3v) is 3.91. The maximum atomic E-state index is 5.75. The van der Waals surface area contributed by atoms with Crippen LogP contribution in [0.2, 0.25) is 5.15 Å². The zero-order chi connectivity index (χ0) is 12.8. The third kappa shape index (κ3) is 4.21. The van der Waals surface area contributed by atoms with Crippen LogP contribution < -0.4 is 0 Å². The van der Waals surface area contributed by atoms with Crippen LogP contribution in [0, 0.1) is 5.92 Å². The van der Waals surface area contributed by atoms with Crippen molar-refractivity contribution < 1.29 is 0 Å². The zero-order valence-corrected chi connectivity index (χ0v) is 11.9. The number of hydrogen-bond donors (Lipinski definition) is 0. The Kier molecular flexibility index (Phi) is 5.39. The number of aromatic nitrogens is 2. The number of hydrogen-bond acceptors (Lipinski definition) is 3. The molecule has 1 aliphatic heterocycles. The summed E-state index contributed by atoms with van der Waals surface area (Å²) in [6, 6.07) is 3.80. The van der Waals surface area contributed by atoms with Crippen LogP contribution in [0.3, 0.4) is 0 Å². The molecule has 1 saturated heterocycles. The van der Waals surface area contributed by atoms with Gasteiger partial charge in [0, 0.05) is 6.54 Å². The van der Waals surface area contributed by atoms with Crippen molar-refractivity contribution in [3.63, 3.8) is 0 Å². The summed E-state index contributed by atoms with van der Waals surface area (Å²) in [7, 11) is 0. The first-order chi connectivity index (χ1) is 8.78. The van der Waals surface area contributed by atoms with Gasteiger partial charge < -0.3 is 0 Å². The van der Waals surface area contributed by atoms with Crippen LogP contribution >= 0.6 is 11.6 Å². The maximum absolute atomic E-state index is 5.75. The molecule has 18 heavy (non-hydrogen) atoms. The predicted molar refractivity (Wildman–Crippen MR) is 74.6 cm³/mol. The minimum atomic E-state index is 0.470. The molecule has 0 saturated carbocycles. The molecule has 1 fully saturated rings. The quantitative estimate of drug-likeness (QED) is 0.836. The van der Waals surface area contributed by atoms with Crippen LogP contribution in [0.15, 0.2) is 12.1 Å². The van der Waals surface area contributed by atoms with Gasteiger partial charge >= 0.3 is 0 Å². The van der Waals surface area contributed by atoms with E-state index in [1.54, 1.807) is 0 Å². The van der Waals surface area contributed by atoms with Gasteiger partial charge in [-0.25, -0.2) is 0 Å². The van der Waals surface area contributed by atoms with Gasteiger partial charge in [0.2, 0.25) is 0 Å². The summed E-state index contributed by atoms with van der Waals surface area (Å²) in [6.45, 7) is 5.56. The number of halogens is 1. The van der Waals surface area contributed by atoms with Gasteiger partial charge in [0.25, 0.3) is 0 Å². The molecule has 1 unspecified atom stereocenters. The Hall–Kier alpha value is -0.670. The highest BCUT2D eigenvalue weighted by atomic mass is 35.5. The molecule has 0 amide bonds. The molecule has 1 aromatic heterocycles. The summed E-state index contributed by atoms with van der Waals surface area (Å²) < 4.78 is 0. The van der Waals surface area contributed by atoms with Crippen LogP contribution in [0.25, 0.3) is 0 Å². The second-order valence-corrected chi connectivity index (χ2v) is 5.60. The molecule has 2 heterocycles. The molecule has 0 radical (unpaired) electrons. The van der Waals surface area contributed by atoms with Gasteiger partial charge in [-0.15, -0.1) is 5.10 Å². The van der Waals surface area contributed by atoms with E-state index in [1.807, 2.05) is 12.1 Å². The van der Waals surface area contributed by atoms with Crippen molar-refractivity contribution in [3.05, 3.63) is 23.0 Å². The van der Waals surface area contributed by atoms with E-state index in [-0.39, 0.29) is 0 Å². The highest BCUT2D eigenvalue weighted by molar-refractivity contribution is 6.29. The van der Waals surface area contributed by atoms with Gasteiger partial charge in [0.1, 0.15) is 0 Å². The average molecular weight is 268 g/mol. The van der Waals surface area contributed by atoms with Gasteiger partial charge in [0.15, 0.2) is 5.15 Å². The first-order valence-corrected chi connectivity index (χ1v) is 7.36. The predicted octanol–water partition coefficient (Wildman–Crippen LogP) is 3.53. The second kappa shape index (κ2) is 7.05. The van der Waals surface area contributed by atoms with Gasteiger partial charge in [-0.1, -0.05) is 31.4 Å². The Morgan fingerprint density at radius 1 is 1.28 bits per heavy atom. The fourth-order valence-electron chi connectivity index (χ4n) is 2.74. The van der Waals surface area contributed by atoms with E-state index in [4.69, 9.17) is 11.6 Å². The van der Waals surface area contributed by atoms with Crippen molar-refractivity contribution in [2.75, 3.05) is 13.1 Å². The summed E-state index contributed by atoms with van der Waals surface area (Å²) in [6.07, 6.45) is 6.72. The van der Waals surface area contributed by atoms with Gasteiger partial charge in [-0.3, -0.25) is 4.90 Å². The highest BCUT2D eigenvalue weighted by Crippen LogP contribution is 2.22. The summed E-state index contributed by atoms with van der Waals surface area (Å²) in [5.41, 5.74) is 1.02. The van der Waals surface area contributed by atoms with E-state index < -0.39 is 0 Å². The van der Waals surface area contributed by atoms with Crippen molar-refractivity contribution in [1.29, 1.82) is 0 Å². The molecular formula is C14H22ClN3. The van der Waals surface area contributed by atoms with E-state index in [0.717, 1.165) is 18.2 Å². The van der Waals surface area contributed by atoms with Crippen molar-refractivity contribution in [2.45, 2.75) is 45.6 Å². The van der Waals surface area contributed by atoms with Crippen molar-refractivity contribution in [3.8, 4) is 0 Å². The molecule has 0 spiro atoms. The minimum Gasteiger partial charge on any atom is -0.297 e. The molecule has 1 aromatic rings. The lowest BCUT2D eigenvalue weighted by Gasteiger charge is -2.19. The fraction of sp³-hybridized carbons (Fsp3) is 0.714. The smallest absolute Gasteiger partial charge is 0.151 e. The van der Waals surface area contributed by atoms with E-state index in [9.17, 15) is 0 Å². The summed E-state index contributed by atoms with van der Waals surface area (Å²) in [5.74, 6) is 0.927. The summed E-state index contributed by atoms with van der Waals surface area (Å²) >= 11 is 5.75. The molecule has 0 aliphatic carbocycles. The second-order valence-electron chi connectivity index (χ2n) is 5.21. The largest absolute Gasteiger partial charge is 0.297 e. The zero-order valence-electron chi connectivity index (χ0n) is 11.1. The SMILES string of the molecule is CCCC1CCCN(Cc2ccc(Cl)nn2)CC1. The standard InChI is InChI=1S/C14H22ClN3/c1-2-4-12-5-3-9-18(10-8-12)11-13-6-7-14(15)17-16-13/h6-7,12H,2-5,8-11H2,1H3. The molecule has 0 N–H and O–H groups in total. The van der Waals surface area contributed by atoms with Crippen LogP contribution in [0.4, 0.5) is 0 Å². The lowest BCUT2D eigenvalue weighted by atomic mass is 9.96. The number of likely N-dealkylation sites (tertiary alicyclic amines) is 1.